The SMILES string of the molecule is c1ccc(-c2ccccc2-c2c3ccccc3c(-c3ccccc3-c3ccccc3)c3cc(Nc4ccccc4-c4ccc(-n5c6ccccc6c6ccccc65)cc4)ccc23)cc1. The first-order valence-electron chi connectivity index (χ1n) is 22.0. The number of rotatable bonds is 8. The van der Waals surface area contributed by atoms with Gasteiger partial charge in [-0.05, 0) is 114 Å². The van der Waals surface area contributed by atoms with Crippen LogP contribution in [0, 0.1) is 0 Å². The van der Waals surface area contributed by atoms with Crippen LogP contribution in [0.5, 0.6) is 0 Å². The average Bonchev–Trinajstić information content (AvgIpc) is 3.71. The molecule has 0 saturated heterocycles. The van der Waals surface area contributed by atoms with Crippen molar-refractivity contribution in [2.75, 3.05) is 5.32 Å². The summed E-state index contributed by atoms with van der Waals surface area (Å²) in [5, 5.41) is 11.3. The van der Waals surface area contributed by atoms with Crippen molar-refractivity contribution >= 4 is 54.7 Å². The molecule has 0 unspecified atom stereocenters. The summed E-state index contributed by atoms with van der Waals surface area (Å²) in [6.07, 6.45) is 0. The summed E-state index contributed by atoms with van der Waals surface area (Å²) in [4.78, 5) is 0. The monoisotopic (exact) mass is 814 g/mol. The summed E-state index contributed by atoms with van der Waals surface area (Å²) >= 11 is 0. The molecule has 1 aromatic heterocycles. The lowest BCUT2D eigenvalue weighted by atomic mass is 9.82. The van der Waals surface area contributed by atoms with Crippen LogP contribution in [0.3, 0.4) is 0 Å². The van der Waals surface area contributed by atoms with E-state index in [1.807, 2.05) is 0 Å². The molecule has 2 heteroatoms. The lowest BCUT2D eigenvalue weighted by molar-refractivity contribution is 1.18. The minimum Gasteiger partial charge on any atom is -0.355 e. The van der Waals surface area contributed by atoms with E-state index in [1.165, 1.54) is 87.9 Å². The van der Waals surface area contributed by atoms with E-state index in [0.29, 0.717) is 0 Å². The summed E-state index contributed by atoms with van der Waals surface area (Å²) in [5.74, 6) is 0. The Bertz CT molecular complexity index is 3620. The third-order valence-electron chi connectivity index (χ3n) is 12.8. The summed E-state index contributed by atoms with van der Waals surface area (Å²) < 4.78 is 2.37. The average molecular weight is 815 g/mol. The number of nitrogens with one attached hydrogen (secondary N) is 1. The number of para-hydroxylation sites is 3. The molecule has 0 aliphatic carbocycles. The van der Waals surface area contributed by atoms with Gasteiger partial charge in [-0.15, -0.1) is 0 Å². The third kappa shape index (κ3) is 6.35. The van der Waals surface area contributed by atoms with E-state index in [0.717, 1.165) is 28.2 Å². The van der Waals surface area contributed by atoms with Crippen LogP contribution in [-0.2, 0) is 0 Å². The Balaban J connectivity index is 1.03. The van der Waals surface area contributed by atoms with E-state index in [1.54, 1.807) is 0 Å². The first-order valence-corrected chi connectivity index (χ1v) is 22.0. The largest absolute Gasteiger partial charge is 0.355 e. The van der Waals surface area contributed by atoms with Crippen LogP contribution in [0.15, 0.2) is 249 Å². The number of anilines is 2. The van der Waals surface area contributed by atoms with Gasteiger partial charge in [0.05, 0.1) is 11.0 Å². The molecule has 12 rings (SSSR count). The van der Waals surface area contributed by atoms with Gasteiger partial charge >= 0.3 is 0 Å². The van der Waals surface area contributed by atoms with Crippen LogP contribution in [0.25, 0.3) is 105 Å². The maximum Gasteiger partial charge on any atom is 0.0541 e. The molecule has 1 N–H and O–H groups in total. The van der Waals surface area contributed by atoms with Gasteiger partial charge in [0.15, 0.2) is 0 Å². The third-order valence-corrected chi connectivity index (χ3v) is 12.8. The van der Waals surface area contributed by atoms with Gasteiger partial charge in [0.25, 0.3) is 0 Å². The van der Waals surface area contributed by atoms with Crippen molar-refractivity contribution in [3.63, 3.8) is 0 Å². The molecule has 0 saturated carbocycles. The quantitative estimate of drug-likeness (QED) is 0.151. The number of hydrogen-bond donors (Lipinski definition) is 1. The highest BCUT2D eigenvalue weighted by molar-refractivity contribution is 6.24. The Kier molecular flexibility index (Phi) is 9.20. The number of fused-ring (bicyclic) bond motifs is 5. The Morgan fingerprint density at radius 3 is 1.23 bits per heavy atom. The fourth-order valence-electron chi connectivity index (χ4n) is 9.97. The standard InChI is InChI=1S/C62H42N2/c1-3-19-42(20-4-1)47-23-7-9-28-52(47)61-54-30-11-12-31-55(54)62(53-29-10-8-24-48(53)43-21-5-2-6-22-43)57-41-45(37-40-56(57)61)63-58-32-16-13-25-49(58)44-35-38-46(39-36-44)64-59-33-17-14-26-50(59)51-27-15-18-34-60(51)64/h1-41,63H. The van der Waals surface area contributed by atoms with Gasteiger partial charge in [0.2, 0.25) is 0 Å². The van der Waals surface area contributed by atoms with Crippen LogP contribution < -0.4 is 5.32 Å². The van der Waals surface area contributed by atoms with E-state index in [2.05, 4.69) is 259 Å². The van der Waals surface area contributed by atoms with Crippen LogP contribution in [-0.4, -0.2) is 4.57 Å². The fourth-order valence-corrected chi connectivity index (χ4v) is 9.97. The maximum atomic E-state index is 3.92. The van der Waals surface area contributed by atoms with Crippen molar-refractivity contribution in [1.82, 2.24) is 4.57 Å². The molecule has 0 atom stereocenters. The number of hydrogen-bond acceptors (Lipinski definition) is 1. The zero-order valence-electron chi connectivity index (χ0n) is 35.1. The van der Waals surface area contributed by atoms with Gasteiger partial charge in [0, 0.05) is 33.4 Å². The highest BCUT2D eigenvalue weighted by atomic mass is 15.0. The first kappa shape index (κ1) is 37.3. The molecule has 0 spiro atoms. The lowest BCUT2D eigenvalue weighted by Gasteiger charge is -2.22. The van der Waals surface area contributed by atoms with Gasteiger partial charge in [-0.3, -0.25) is 0 Å². The molecule has 12 aromatic rings. The second kappa shape index (κ2) is 15.8. The van der Waals surface area contributed by atoms with Gasteiger partial charge < -0.3 is 9.88 Å². The summed E-state index contributed by atoms with van der Waals surface area (Å²) in [7, 11) is 0. The van der Waals surface area contributed by atoms with Gasteiger partial charge in [-0.1, -0.05) is 206 Å². The number of aromatic nitrogens is 1. The fraction of sp³-hybridized carbons (Fsp3) is 0. The minimum absolute atomic E-state index is 1.03. The zero-order valence-corrected chi connectivity index (χ0v) is 35.1. The highest BCUT2D eigenvalue weighted by Gasteiger charge is 2.21. The molecular formula is C62H42N2. The van der Waals surface area contributed by atoms with Crippen LogP contribution in [0.4, 0.5) is 11.4 Å². The van der Waals surface area contributed by atoms with Crippen LogP contribution in [0.1, 0.15) is 0 Å². The van der Waals surface area contributed by atoms with Crippen molar-refractivity contribution in [3.05, 3.63) is 249 Å². The second-order valence-corrected chi connectivity index (χ2v) is 16.5. The van der Waals surface area contributed by atoms with E-state index in [-0.39, 0.29) is 0 Å². The molecule has 2 nitrogen and oxygen atoms in total. The van der Waals surface area contributed by atoms with E-state index >= 15 is 0 Å². The molecule has 64 heavy (non-hydrogen) atoms. The molecule has 1 heterocycles. The Labute approximate surface area is 373 Å². The molecule has 0 radical (unpaired) electrons. The van der Waals surface area contributed by atoms with Crippen molar-refractivity contribution in [1.29, 1.82) is 0 Å². The molecule has 11 aromatic carbocycles. The summed E-state index contributed by atoms with van der Waals surface area (Å²) in [6, 6.07) is 90.2. The normalized spacial score (nSPS) is 11.4. The lowest BCUT2D eigenvalue weighted by Crippen LogP contribution is -1.97. The molecule has 0 amide bonds. The first-order chi connectivity index (χ1) is 31.8. The van der Waals surface area contributed by atoms with E-state index in [4.69, 9.17) is 0 Å². The van der Waals surface area contributed by atoms with E-state index in [9.17, 15) is 0 Å². The molecule has 0 bridgehead atoms. The van der Waals surface area contributed by atoms with Gasteiger partial charge in [-0.25, -0.2) is 0 Å². The predicted molar refractivity (Wildman–Crippen MR) is 273 cm³/mol. The minimum atomic E-state index is 1.03. The maximum absolute atomic E-state index is 3.92. The van der Waals surface area contributed by atoms with Gasteiger partial charge in [-0.2, -0.15) is 0 Å². The van der Waals surface area contributed by atoms with Crippen LogP contribution >= 0.6 is 0 Å². The smallest absolute Gasteiger partial charge is 0.0541 e. The van der Waals surface area contributed by atoms with E-state index < -0.39 is 0 Å². The molecule has 0 fully saturated rings. The second-order valence-electron chi connectivity index (χ2n) is 16.5. The number of nitrogens with zero attached hydrogens (tertiary/aromatic N) is 1. The van der Waals surface area contributed by atoms with Crippen molar-refractivity contribution in [3.8, 4) is 61.3 Å². The molecule has 300 valence electrons. The molecule has 0 aliphatic rings. The highest BCUT2D eigenvalue weighted by Crippen LogP contribution is 2.49. The number of benzene rings is 11. The Morgan fingerprint density at radius 2 is 0.672 bits per heavy atom. The van der Waals surface area contributed by atoms with Crippen molar-refractivity contribution in [2.45, 2.75) is 0 Å². The Hall–Kier alpha value is -8.46. The topological polar surface area (TPSA) is 17.0 Å². The Morgan fingerprint density at radius 1 is 0.266 bits per heavy atom. The predicted octanol–water partition coefficient (Wildman–Crippen LogP) is 17.2. The van der Waals surface area contributed by atoms with Crippen molar-refractivity contribution in [2.24, 2.45) is 0 Å². The molecular weight excluding hydrogens is 773 g/mol. The van der Waals surface area contributed by atoms with Crippen LogP contribution in [0.2, 0.25) is 0 Å². The van der Waals surface area contributed by atoms with Crippen molar-refractivity contribution < 1.29 is 0 Å². The summed E-state index contributed by atoms with van der Waals surface area (Å²) in [5.41, 5.74) is 17.6. The molecule has 0 aliphatic heterocycles. The summed E-state index contributed by atoms with van der Waals surface area (Å²) in [6.45, 7) is 0. The van der Waals surface area contributed by atoms with Gasteiger partial charge in [0.1, 0.15) is 0 Å². The zero-order chi connectivity index (χ0) is 42.4.